The topological polar surface area (TPSA) is 29.0 Å². The van der Waals surface area contributed by atoms with Crippen molar-refractivity contribution in [3.8, 4) is 0 Å². The Morgan fingerprint density at radius 3 is 3.14 bits per heavy atom. The van der Waals surface area contributed by atoms with Crippen LogP contribution in [0.15, 0.2) is 12.5 Å². The van der Waals surface area contributed by atoms with Crippen LogP contribution < -0.4 is 4.90 Å². The summed E-state index contributed by atoms with van der Waals surface area (Å²) in [6, 6.07) is 0.576. The first kappa shape index (κ1) is 9.71. The van der Waals surface area contributed by atoms with Gasteiger partial charge in [0.2, 0.25) is 0 Å². The number of alkyl halides is 1. The first-order chi connectivity index (χ1) is 6.83. The number of hydrogen-bond donors (Lipinski definition) is 0. The minimum absolute atomic E-state index is 0.486. The SMILES string of the molecule is CC1CCCN1c1ncncc1CCl. The molecule has 4 heteroatoms. The Balaban J connectivity index is 2.30. The van der Waals surface area contributed by atoms with Crippen LogP contribution >= 0.6 is 11.6 Å². The molecule has 14 heavy (non-hydrogen) atoms. The zero-order valence-electron chi connectivity index (χ0n) is 8.28. The van der Waals surface area contributed by atoms with Gasteiger partial charge in [0.05, 0.1) is 5.88 Å². The van der Waals surface area contributed by atoms with E-state index in [4.69, 9.17) is 11.6 Å². The van der Waals surface area contributed by atoms with E-state index in [9.17, 15) is 0 Å². The monoisotopic (exact) mass is 211 g/mol. The lowest BCUT2D eigenvalue weighted by atomic mass is 10.2. The maximum Gasteiger partial charge on any atom is 0.136 e. The molecule has 1 saturated heterocycles. The van der Waals surface area contributed by atoms with Crippen LogP contribution in [0.5, 0.6) is 0 Å². The fourth-order valence-electron chi connectivity index (χ4n) is 1.95. The van der Waals surface area contributed by atoms with E-state index in [2.05, 4.69) is 21.8 Å². The summed E-state index contributed by atoms with van der Waals surface area (Å²) in [4.78, 5) is 10.6. The number of anilines is 1. The van der Waals surface area contributed by atoms with Crippen molar-refractivity contribution in [2.45, 2.75) is 31.7 Å². The molecule has 3 nitrogen and oxygen atoms in total. The van der Waals surface area contributed by atoms with Crippen molar-refractivity contribution in [2.24, 2.45) is 0 Å². The fourth-order valence-corrected chi connectivity index (χ4v) is 2.14. The summed E-state index contributed by atoms with van der Waals surface area (Å²) in [5.74, 6) is 1.50. The third kappa shape index (κ3) is 1.69. The van der Waals surface area contributed by atoms with E-state index in [0.717, 1.165) is 17.9 Å². The zero-order valence-corrected chi connectivity index (χ0v) is 9.04. The van der Waals surface area contributed by atoms with Crippen molar-refractivity contribution in [2.75, 3.05) is 11.4 Å². The molecule has 1 aliphatic heterocycles. The molecule has 1 fully saturated rings. The van der Waals surface area contributed by atoms with Crippen LogP contribution in [0, 0.1) is 0 Å². The Bertz CT molecular complexity index is 316. The number of aromatic nitrogens is 2. The predicted octanol–water partition coefficient (Wildman–Crippen LogP) is 2.20. The molecule has 0 spiro atoms. The van der Waals surface area contributed by atoms with Crippen LogP contribution in [0.4, 0.5) is 5.82 Å². The fraction of sp³-hybridized carbons (Fsp3) is 0.600. The summed E-state index contributed by atoms with van der Waals surface area (Å²) in [7, 11) is 0. The second-order valence-corrected chi connectivity index (χ2v) is 3.96. The molecular formula is C10H14ClN3. The average Bonchev–Trinajstić information content (AvgIpc) is 2.64. The first-order valence-electron chi connectivity index (χ1n) is 4.94. The van der Waals surface area contributed by atoms with E-state index in [-0.39, 0.29) is 0 Å². The van der Waals surface area contributed by atoms with Gasteiger partial charge in [-0.3, -0.25) is 0 Å². The molecule has 1 aromatic rings. The molecule has 0 saturated carbocycles. The Morgan fingerprint density at radius 1 is 1.64 bits per heavy atom. The van der Waals surface area contributed by atoms with Crippen molar-refractivity contribution in [3.05, 3.63) is 18.1 Å². The van der Waals surface area contributed by atoms with E-state index in [1.165, 1.54) is 12.8 Å². The second-order valence-electron chi connectivity index (χ2n) is 3.69. The highest BCUT2D eigenvalue weighted by atomic mass is 35.5. The van der Waals surface area contributed by atoms with Crippen LogP contribution in [-0.4, -0.2) is 22.6 Å². The molecule has 2 rings (SSSR count). The van der Waals surface area contributed by atoms with Crippen LogP contribution in [-0.2, 0) is 5.88 Å². The largest absolute Gasteiger partial charge is 0.354 e. The van der Waals surface area contributed by atoms with Gasteiger partial charge in [-0.2, -0.15) is 0 Å². The molecule has 1 aliphatic rings. The molecule has 0 aromatic carbocycles. The van der Waals surface area contributed by atoms with Gasteiger partial charge in [-0.05, 0) is 19.8 Å². The van der Waals surface area contributed by atoms with Crippen molar-refractivity contribution < 1.29 is 0 Å². The smallest absolute Gasteiger partial charge is 0.136 e. The standard InChI is InChI=1S/C10H14ClN3/c1-8-3-2-4-14(8)10-9(5-11)6-12-7-13-10/h6-8H,2-5H2,1H3. The molecule has 0 bridgehead atoms. The highest BCUT2D eigenvalue weighted by molar-refractivity contribution is 6.17. The van der Waals surface area contributed by atoms with Gasteiger partial charge in [-0.25, -0.2) is 9.97 Å². The first-order valence-corrected chi connectivity index (χ1v) is 5.48. The number of hydrogen-bond acceptors (Lipinski definition) is 3. The van der Waals surface area contributed by atoms with Crippen LogP contribution in [0.2, 0.25) is 0 Å². The molecular weight excluding hydrogens is 198 g/mol. The Hall–Kier alpha value is -0.830. The zero-order chi connectivity index (χ0) is 9.97. The molecule has 0 amide bonds. The van der Waals surface area contributed by atoms with Crippen LogP contribution in [0.25, 0.3) is 0 Å². The minimum Gasteiger partial charge on any atom is -0.354 e. The quantitative estimate of drug-likeness (QED) is 0.703. The van der Waals surface area contributed by atoms with E-state index in [1.54, 1.807) is 12.5 Å². The lowest BCUT2D eigenvalue weighted by molar-refractivity contribution is 0.723. The van der Waals surface area contributed by atoms with E-state index < -0.39 is 0 Å². The Labute approximate surface area is 89.1 Å². The van der Waals surface area contributed by atoms with Gasteiger partial charge >= 0.3 is 0 Å². The van der Waals surface area contributed by atoms with Gasteiger partial charge in [-0.1, -0.05) is 0 Å². The summed E-state index contributed by atoms with van der Waals surface area (Å²) in [5, 5.41) is 0. The second kappa shape index (κ2) is 4.13. The molecule has 1 atom stereocenters. The van der Waals surface area contributed by atoms with E-state index >= 15 is 0 Å². The lowest BCUT2D eigenvalue weighted by Gasteiger charge is -2.23. The summed E-state index contributed by atoms with van der Waals surface area (Å²) in [6.45, 7) is 3.31. The highest BCUT2D eigenvalue weighted by Crippen LogP contribution is 2.26. The third-order valence-corrected chi connectivity index (χ3v) is 3.02. The Morgan fingerprint density at radius 2 is 2.50 bits per heavy atom. The summed E-state index contributed by atoms with van der Waals surface area (Å²) >= 11 is 5.85. The molecule has 0 radical (unpaired) electrons. The maximum atomic E-state index is 5.85. The van der Waals surface area contributed by atoms with Gasteiger partial charge in [0.15, 0.2) is 0 Å². The van der Waals surface area contributed by atoms with Crippen LogP contribution in [0.3, 0.4) is 0 Å². The molecule has 1 unspecified atom stereocenters. The van der Waals surface area contributed by atoms with Crippen molar-refractivity contribution in [1.29, 1.82) is 0 Å². The summed E-state index contributed by atoms with van der Waals surface area (Å²) in [6.07, 6.45) is 5.88. The molecule has 1 aromatic heterocycles. The van der Waals surface area contributed by atoms with Gasteiger partial charge in [0, 0.05) is 24.3 Å². The van der Waals surface area contributed by atoms with E-state index in [1.807, 2.05) is 0 Å². The summed E-state index contributed by atoms with van der Waals surface area (Å²) < 4.78 is 0. The third-order valence-electron chi connectivity index (χ3n) is 2.73. The lowest BCUT2D eigenvalue weighted by Crippen LogP contribution is -2.28. The van der Waals surface area contributed by atoms with Crippen molar-refractivity contribution in [3.63, 3.8) is 0 Å². The van der Waals surface area contributed by atoms with Crippen LogP contribution in [0.1, 0.15) is 25.3 Å². The van der Waals surface area contributed by atoms with E-state index in [0.29, 0.717) is 11.9 Å². The highest BCUT2D eigenvalue weighted by Gasteiger charge is 2.23. The predicted molar refractivity (Wildman–Crippen MR) is 57.6 cm³/mol. The van der Waals surface area contributed by atoms with Gasteiger partial charge in [-0.15, -0.1) is 11.6 Å². The number of halogens is 1. The van der Waals surface area contributed by atoms with Crippen molar-refractivity contribution >= 4 is 17.4 Å². The van der Waals surface area contributed by atoms with Gasteiger partial charge < -0.3 is 4.90 Å². The van der Waals surface area contributed by atoms with Crippen molar-refractivity contribution in [1.82, 2.24) is 9.97 Å². The minimum atomic E-state index is 0.486. The average molecular weight is 212 g/mol. The Kier molecular flexibility index (Phi) is 2.87. The van der Waals surface area contributed by atoms with Gasteiger partial charge in [0.25, 0.3) is 0 Å². The molecule has 2 heterocycles. The normalized spacial score (nSPS) is 21.6. The molecule has 0 aliphatic carbocycles. The molecule has 76 valence electrons. The van der Waals surface area contributed by atoms with Gasteiger partial charge in [0.1, 0.15) is 12.1 Å². The number of rotatable bonds is 2. The number of nitrogens with zero attached hydrogens (tertiary/aromatic N) is 3. The summed E-state index contributed by atoms with van der Waals surface area (Å²) in [5.41, 5.74) is 1.03. The maximum absolute atomic E-state index is 5.85. The molecule has 0 N–H and O–H groups in total.